The van der Waals surface area contributed by atoms with Crippen LogP contribution in [0.4, 0.5) is 5.88 Å². The van der Waals surface area contributed by atoms with Crippen molar-refractivity contribution >= 4 is 29.8 Å². The highest BCUT2D eigenvalue weighted by Gasteiger charge is 2.28. The quantitative estimate of drug-likeness (QED) is 0.317. The van der Waals surface area contributed by atoms with Crippen molar-refractivity contribution in [3.05, 3.63) is 34.1 Å². The fourth-order valence-corrected chi connectivity index (χ4v) is 2.48. The van der Waals surface area contributed by atoms with Crippen LogP contribution in [0, 0.1) is 16.0 Å². The summed E-state index contributed by atoms with van der Waals surface area (Å²) in [6.45, 7) is 0.356. The summed E-state index contributed by atoms with van der Waals surface area (Å²) in [6, 6.07) is 2.49. The summed E-state index contributed by atoms with van der Waals surface area (Å²) >= 11 is 0. The molecule has 1 aliphatic rings. The molecule has 1 aromatic heterocycles. The van der Waals surface area contributed by atoms with Gasteiger partial charge < -0.3 is 18.8 Å². The highest BCUT2D eigenvalue weighted by atomic mass is 16.6. The van der Waals surface area contributed by atoms with Gasteiger partial charge >= 0.3 is 17.8 Å². The number of nitrogens with zero attached hydrogens (tertiary/aromatic N) is 2. The molecule has 0 radical (unpaired) electrons. The molecule has 1 aliphatic heterocycles. The lowest BCUT2D eigenvalue weighted by Gasteiger charge is -2.30. The number of piperidine rings is 1. The highest BCUT2D eigenvalue weighted by molar-refractivity contribution is 5.89. The van der Waals surface area contributed by atoms with E-state index in [4.69, 9.17) is 9.15 Å². The Labute approximate surface area is 148 Å². The predicted octanol–water partition coefficient (Wildman–Crippen LogP) is 1.16. The number of furan rings is 1. The van der Waals surface area contributed by atoms with E-state index in [2.05, 4.69) is 4.74 Å². The molecule has 1 fully saturated rings. The van der Waals surface area contributed by atoms with Crippen molar-refractivity contribution in [3.8, 4) is 0 Å². The molecule has 1 saturated heterocycles. The minimum Gasteiger partial charge on any atom is -0.469 e. The maximum absolute atomic E-state index is 12.0. The Hall–Kier alpha value is -3.17. The topological polar surface area (TPSA) is 129 Å². The SMILES string of the molecule is COC(=O)C1CCN(C(=O)COC(=O)/C=C/c2ccc([N+](=O)[O-])o2)CC1. The van der Waals surface area contributed by atoms with Crippen molar-refractivity contribution in [2.45, 2.75) is 12.8 Å². The lowest BCUT2D eigenvalue weighted by molar-refractivity contribution is -0.402. The number of nitro groups is 1. The summed E-state index contributed by atoms with van der Waals surface area (Å²) in [4.78, 5) is 46.4. The Kier molecular flexibility index (Phi) is 6.48. The molecule has 0 N–H and O–H groups in total. The van der Waals surface area contributed by atoms with Crippen LogP contribution in [-0.4, -0.2) is 54.5 Å². The van der Waals surface area contributed by atoms with Gasteiger partial charge in [0.15, 0.2) is 6.61 Å². The van der Waals surface area contributed by atoms with Gasteiger partial charge in [0, 0.05) is 19.2 Å². The van der Waals surface area contributed by atoms with Crippen LogP contribution in [0.5, 0.6) is 0 Å². The van der Waals surface area contributed by atoms with E-state index in [9.17, 15) is 24.5 Å². The van der Waals surface area contributed by atoms with Gasteiger partial charge in [-0.3, -0.25) is 19.7 Å². The zero-order valence-electron chi connectivity index (χ0n) is 14.1. The first-order valence-electron chi connectivity index (χ1n) is 7.85. The van der Waals surface area contributed by atoms with Crippen LogP contribution in [0.1, 0.15) is 18.6 Å². The number of carbonyl (C=O) groups excluding carboxylic acids is 3. The number of rotatable bonds is 6. The van der Waals surface area contributed by atoms with Crippen molar-refractivity contribution in [1.82, 2.24) is 4.90 Å². The molecule has 140 valence electrons. The Morgan fingerprint density at radius 2 is 2.04 bits per heavy atom. The second-order valence-corrected chi connectivity index (χ2v) is 5.55. The number of carbonyl (C=O) groups is 3. The van der Waals surface area contributed by atoms with E-state index in [1.807, 2.05) is 0 Å². The van der Waals surface area contributed by atoms with Gasteiger partial charge in [-0.2, -0.15) is 0 Å². The van der Waals surface area contributed by atoms with Gasteiger partial charge in [-0.25, -0.2) is 4.79 Å². The molecule has 0 bridgehead atoms. The maximum Gasteiger partial charge on any atom is 0.433 e. The number of hydrogen-bond donors (Lipinski definition) is 0. The zero-order valence-corrected chi connectivity index (χ0v) is 14.1. The van der Waals surface area contributed by atoms with Crippen molar-refractivity contribution < 1.29 is 33.2 Å². The first-order valence-corrected chi connectivity index (χ1v) is 7.85. The van der Waals surface area contributed by atoms with Crippen LogP contribution in [0.2, 0.25) is 0 Å². The Balaban J connectivity index is 1.74. The van der Waals surface area contributed by atoms with Crippen LogP contribution in [0.15, 0.2) is 22.6 Å². The number of esters is 2. The lowest BCUT2D eigenvalue weighted by Crippen LogP contribution is -2.42. The van der Waals surface area contributed by atoms with Gasteiger partial charge in [0.1, 0.15) is 10.7 Å². The molecule has 10 nitrogen and oxygen atoms in total. The van der Waals surface area contributed by atoms with Gasteiger partial charge in [-0.1, -0.05) is 0 Å². The monoisotopic (exact) mass is 366 g/mol. The number of ether oxygens (including phenoxy) is 2. The number of amides is 1. The van der Waals surface area contributed by atoms with Crippen molar-refractivity contribution in [2.75, 3.05) is 26.8 Å². The van der Waals surface area contributed by atoms with Crippen molar-refractivity contribution in [1.29, 1.82) is 0 Å². The second kappa shape index (κ2) is 8.79. The fraction of sp³-hybridized carbons (Fsp3) is 0.438. The lowest BCUT2D eigenvalue weighted by atomic mass is 9.97. The maximum atomic E-state index is 12.0. The van der Waals surface area contributed by atoms with Gasteiger partial charge in [0.05, 0.1) is 19.1 Å². The summed E-state index contributed by atoms with van der Waals surface area (Å²) in [7, 11) is 1.33. The fourth-order valence-electron chi connectivity index (χ4n) is 2.48. The number of methoxy groups -OCH3 is 1. The molecule has 26 heavy (non-hydrogen) atoms. The third-order valence-electron chi connectivity index (χ3n) is 3.90. The third kappa shape index (κ3) is 5.16. The van der Waals surface area contributed by atoms with E-state index in [0.29, 0.717) is 25.9 Å². The number of likely N-dealkylation sites (tertiary alicyclic amines) is 1. The zero-order chi connectivity index (χ0) is 19.1. The molecule has 0 aliphatic carbocycles. The molecule has 2 heterocycles. The van der Waals surface area contributed by atoms with E-state index in [1.165, 1.54) is 24.2 Å². The largest absolute Gasteiger partial charge is 0.469 e. The normalized spacial score (nSPS) is 15.0. The van der Waals surface area contributed by atoms with Crippen LogP contribution in [0.25, 0.3) is 6.08 Å². The van der Waals surface area contributed by atoms with E-state index in [0.717, 1.165) is 12.1 Å². The molecule has 1 aromatic rings. The first-order chi connectivity index (χ1) is 12.4. The van der Waals surface area contributed by atoms with Gasteiger partial charge in [-0.15, -0.1) is 0 Å². The van der Waals surface area contributed by atoms with Gasteiger partial charge in [0.2, 0.25) is 0 Å². The molecular weight excluding hydrogens is 348 g/mol. The van der Waals surface area contributed by atoms with Crippen LogP contribution >= 0.6 is 0 Å². The first kappa shape index (κ1) is 19.2. The predicted molar refractivity (Wildman–Crippen MR) is 86.7 cm³/mol. The molecule has 1 amide bonds. The summed E-state index contributed by atoms with van der Waals surface area (Å²) < 4.78 is 14.4. The minimum absolute atomic E-state index is 0.116. The van der Waals surface area contributed by atoms with Crippen molar-refractivity contribution in [2.24, 2.45) is 5.92 Å². The van der Waals surface area contributed by atoms with E-state index >= 15 is 0 Å². The number of hydrogen-bond acceptors (Lipinski definition) is 8. The van der Waals surface area contributed by atoms with E-state index < -0.39 is 23.4 Å². The Morgan fingerprint density at radius 1 is 1.35 bits per heavy atom. The summed E-state index contributed by atoms with van der Waals surface area (Å²) in [5.74, 6) is -1.96. The van der Waals surface area contributed by atoms with Crippen LogP contribution in [-0.2, 0) is 23.9 Å². The average molecular weight is 366 g/mol. The van der Waals surface area contributed by atoms with Crippen molar-refractivity contribution in [3.63, 3.8) is 0 Å². The summed E-state index contributed by atoms with van der Waals surface area (Å²) in [6.07, 6.45) is 3.23. The molecule has 2 rings (SSSR count). The van der Waals surface area contributed by atoms with Crippen LogP contribution < -0.4 is 0 Å². The molecule has 0 aromatic carbocycles. The summed E-state index contributed by atoms with van der Waals surface area (Å²) in [5, 5.41) is 10.5. The third-order valence-corrected chi connectivity index (χ3v) is 3.90. The minimum atomic E-state index is -0.776. The Bertz CT molecular complexity index is 716. The van der Waals surface area contributed by atoms with Gasteiger partial charge in [-0.05, 0) is 25.0 Å². The standard InChI is InChI=1S/C16H18N2O8/c1-24-16(21)11-6-8-17(9-7-11)13(19)10-25-15(20)5-3-12-2-4-14(26-12)18(22)23/h2-5,11H,6-10H2,1H3/b5-3+. The van der Waals surface area contributed by atoms with E-state index in [1.54, 1.807) is 0 Å². The molecule has 10 heteroatoms. The van der Waals surface area contributed by atoms with Gasteiger partial charge in [0.25, 0.3) is 5.91 Å². The molecule has 0 saturated carbocycles. The average Bonchev–Trinajstić information content (AvgIpc) is 3.13. The molecular formula is C16H18N2O8. The molecule has 0 spiro atoms. The molecule has 0 atom stereocenters. The molecule has 0 unspecified atom stereocenters. The van der Waals surface area contributed by atoms with E-state index in [-0.39, 0.29) is 23.6 Å². The highest BCUT2D eigenvalue weighted by Crippen LogP contribution is 2.19. The second-order valence-electron chi connectivity index (χ2n) is 5.55. The van der Waals surface area contributed by atoms with Crippen LogP contribution in [0.3, 0.4) is 0 Å². The summed E-state index contributed by atoms with van der Waals surface area (Å²) in [5.41, 5.74) is 0. The smallest absolute Gasteiger partial charge is 0.433 e. The Morgan fingerprint density at radius 3 is 2.62 bits per heavy atom.